The molecule has 98 valence electrons. The summed E-state index contributed by atoms with van der Waals surface area (Å²) in [5, 5.41) is 9.94. The molecule has 0 spiro atoms. The molecule has 0 aromatic carbocycles. The van der Waals surface area contributed by atoms with Crippen molar-refractivity contribution in [2.45, 2.75) is 26.9 Å². The van der Waals surface area contributed by atoms with Crippen molar-refractivity contribution in [2.75, 3.05) is 6.54 Å². The number of halogens is 1. The zero-order chi connectivity index (χ0) is 13.0. The van der Waals surface area contributed by atoms with E-state index in [0.29, 0.717) is 5.92 Å². The van der Waals surface area contributed by atoms with E-state index in [2.05, 4.69) is 62.4 Å². The number of nitrogens with one attached hydrogen (secondary N) is 1. The number of thiophene rings is 1. The molecule has 0 aliphatic rings. The summed E-state index contributed by atoms with van der Waals surface area (Å²) in [5.41, 5.74) is 1.23. The molecule has 5 heteroatoms. The number of rotatable bonds is 6. The summed E-state index contributed by atoms with van der Waals surface area (Å²) < 4.78 is 3.23. The van der Waals surface area contributed by atoms with Crippen LogP contribution in [0.5, 0.6) is 0 Å². The van der Waals surface area contributed by atoms with Gasteiger partial charge in [0, 0.05) is 22.1 Å². The highest BCUT2D eigenvalue weighted by molar-refractivity contribution is 9.10. The third-order valence-corrected chi connectivity index (χ3v) is 4.56. The highest BCUT2D eigenvalue weighted by Crippen LogP contribution is 2.23. The quantitative estimate of drug-likeness (QED) is 0.879. The van der Waals surface area contributed by atoms with E-state index in [0.717, 1.165) is 19.6 Å². The predicted molar refractivity (Wildman–Crippen MR) is 79.9 cm³/mol. The molecule has 0 atom stereocenters. The molecule has 2 rings (SSSR count). The number of nitrogens with zero attached hydrogens (tertiary/aromatic N) is 2. The van der Waals surface area contributed by atoms with Gasteiger partial charge in [0.05, 0.1) is 12.2 Å². The minimum absolute atomic E-state index is 0.674. The molecular weight excluding hydrogens is 310 g/mol. The highest BCUT2D eigenvalue weighted by atomic mass is 79.9. The van der Waals surface area contributed by atoms with E-state index in [-0.39, 0.29) is 0 Å². The SMILES string of the molecule is CC(C)CNCc1ccnn1Cc1sccc1Br. The Morgan fingerprint density at radius 1 is 1.44 bits per heavy atom. The van der Waals surface area contributed by atoms with E-state index in [1.807, 2.05) is 6.20 Å². The Kier molecular flexibility index (Phi) is 4.97. The molecule has 18 heavy (non-hydrogen) atoms. The third-order valence-electron chi connectivity index (χ3n) is 2.65. The zero-order valence-corrected chi connectivity index (χ0v) is 13.1. The van der Waals surface area contributed by atoms with Crippen LogP contribution in [0.3, 0.4) is 0 Å². The molecule has 0 aliphatic carbocycles. The maximum absolute atomic E-state index is 4.39. The summed E-state index contributed by atoms with van der Waals surface area (Å²) in [6, 6.07) is 4.16. The summed E-state index contributed by atoms with van der Waals surface area (Å²) in [6.45, 7) is 7.18. The van der Waals surface area contributed by atoms with Crippen LogP contribution in [0.25, 0.3) is 0 Å². The molecule has 0 saturated heterocycles. The first-order valence-corrected chi connectivity index (χ1v) is 7.77. The largest absolute Gasteiger partial charge is 0.311 e. The van der Waals surface area contributed by atoms with Crippen LogP contribution in [-0.4, -0.2) is 16.3 Å². The smallest absolute Gasteiger partial charge is 0.0767 e. The minimum atomic E-state index is 0.674. The number of aromatic nitrogens is 2. The predicted octanol–water partition coefficient (Wildman–Crippen LogP) is 3.50. The maximum atomic E-state index is 4.39. The van der Waals surface area contributed by atoms with Gasteiger partial charge < -0.3 is 5.32 Å². The Balaban J connectivity index is 1.97. The van der Waals surface area contributed by atoms with Gasteiger partial charge in [-0.05, 0) is 45.9 Å². The Bertz CT molecular complexity index is 490. The fraction of sp³-hybridized carbons (Fsp3) is 0.462. The molecule has 2 aromatic heterocycles. The van der Waals surface area contributed by atoms with Crippen molar-refractivity contribution in [3.05, 3.63) is 38.8 Å². The zero-order valence-electron chi connectivity index (χ0n) is 10.7. The monoisotopic (exact) mass is 327 g/mol. The highest BCUT2D eigenvalue weighted by Gasteiger charge is 2.07. The molecule has 3 nitrogen and oxygen atoms in total. The summed E-state index contributed by atoms with van der Waals surface area (Å²) >= 11 is 5.32. The van der Waals surface area contributed by atoms with E-state index < -0.39 is 0 Å². The van der Waals surface area contributed by atoms with Gasteiger partial charge in [-0.2, -0.15) is 5.10 Å². The van der Waals surface area contributed by atoms with E-state index in [4.69, 9.17) is 0 Å². The van der Waals surface area contributed by atoms with Gasteiger partial charge in [0.2, 0.25) is 0 Å². The van der Waals surface area contributed by atoms with Crippen molar-refractivity contribution in [1.29, 1.82) is 0 Å². The lowest BCUT2D eigenvalue weighted by Crippen LogP contribution is -2.21. The Labute approximate surface area is 120 Å². The lowest BCUT2D eigenvalue weighted by atomic mass is 10.2. The first-order valence-electron chi connectivity index (χ1n) is 6.10. The molecule has 0 radical (unpaired) electrons. The topological polar surface area (TPSA) is 29.9 Å². The fourth-order valence-corrected chi connectivity index (χ4v) is 3.17. The van der Waals surface area contributed by atoms with Gasteiger partial charge >= 0.3 is 0 Å². The van der Waals surface area contributed by atoms with Crippen LogP contribution in [0, 0.1) is 5.92 Å². The van der Waals surface area contributed by atoms with Crippen molar-refractivity contribution in [3.8, 4) is 0 Å². The Hall–Kier alpha value is -0.650. The first-order chi connectivity index (χ1) is 8.66. The molecule has 1 N–H and O–H groups in total. The van der Waals surface area contributed by atoms with Crippen molar-refractivity contribution >= 4 is 27.3 Å². The Morgan fingerprint density at radius 3 is 2.94 bits per heavy atom. The van der Waals surface area contributed by atoms with Crippen LogP contribution in [-0.2, 0) is 13.1 Å². The second kappa shape index (κ2) is 6.50. The summed E-state index contributed by atoms with van der Waals surface area (Å²) in [6.07, 6.45) is 1.87. The second-order valence-corrected chi connectivity index (χ2v) is 6.55. The first kappa shape index (κ1) is 13.8. The van der Waals surface area contributed by atoms with Gasteiger partial charge in [-0.3, -0.25) is 4.68 Å². The maximum Gasteiger partial charge on any atom is 0.0767 e. The number of hydrogen-bond donors (Lipinski definition) is 1. The molecule has 0 fully saturated rings. The van der Waals surface area contributed by atoms with E-state index in [1.54, 1.807) is 11.3 Å². The van der Waals surface area contributed by atoms with Gasteiger partial charge in [0.15, 0.2) is 0 Å². The summed E-state index contributed by atoms with van der Waals surface area (Å²) in [5.74, 6) is 0.674. The van der Waals surface area contributed by atoms with Crippen molar-refractivity contribution < 1.29 is 0 Å². The normalized spacial score (nSPS) is 11.3. The van der Waals surface area contributed by atoms with Crippen molar-refractivity contribution in [2.24, 2.45) is 5.92 Å². The lowest BCUT2D eigenvalue weighted by Gasteiger charge is -2.09. The minimum Gasteiger partial charge on any atom is -0.311 e. The van der Waals surface area contributed by atoms with Gasteiger partial charge in [0.1, 0.15) is 0 Å². The van der Waals surface area contributed by atoms with E-state index in [1.165, 1.54) is 15.0 Å². The van der Waals surface area contributed by atoms with Crippen LogP contribution >= 0.6 is 27.3 Å². The summed E-state index contributed by atoms with van der Waals surface area (Å²) in [4.78, 5) is 1.31. The van der Waals surface area contributed by atoms with E-state index in [9.17, 15) is 0 Å². The Morgan fingerprint density at radius 2 is 2.28 bits per heavy atom. The second-order valence-electron chi connectivity index (χ2n) is 4.70. The fourth-order valence-electron chi connectivity index (χ4n) is 1.72. The molecule has 0 unspecified atom stereocenters. The molecule has 2 aromatic rings. The van der Waals surface area contributed by atoms with Gasteiger partial charge in [-0.25, -0.2) is 0 Å². The van der Waals surface area contributed by atoms with Crippen LogP contribution < -0.4 is 5.32 Å². The van der Waals surface area contributed by atoms with E-state index >= 15 is 0 Å². The molecule has 0 aliphatic heterocycles. The average molecular weight is 328 g/mol. The van der Waals surface area contributed by atoms with Crippen LogP contribution in [0.1, 0.15) is 24.4 Å². The summed E-state index contributed by atoms with van der Waals surface area (Å²) in [7, 11) is 0. The molecule has 0 saturated carbocycles. The van der Waals surface area contributed by atoms with Gasteiger partial charge in [-0.15, -0.1) is 11.3 Å². The molecule has 0 amide bonds. The standard InChI is InChI=1S/C13H18BrN3S/c1-10(2)7-15-8-11-3-5-16-17(11)9-13-12(14)4-6-18-13/h3-6,10,15H,7-9H2,1-2H3. The van der Waals surface area contributed by atoms with Crippen LogP contribution in [0.4, 0.5) is 0 Å². The van der Waals surface area contributed by atoms with Gasteiger partial charge in [0.25, 0.3) is 0 Å². The molecular formula is C13H18BrN3S. The van der Waals surface area contributed by atoms with Crippen LogP contribution in [0.2, 0.25) is 0 Å². The van der Waals surface area contributed by atoms with Crippen molar-refractivity contribution in [3.63, 3.8) is 0 Å². The lowest BCUT2D eigenvalue weighted by molar-refractivity contribution is 0.530. The van der Waals surface area contributed by atoms with Crippen molar-refractivity contribution in [1.82, 2.24) is 15.1 Å². The molecule has 0 bridgehead atoms. The van der Waals surface area contributed by atoms with Crippen LogP contribution in [0.15, 0.2) is 28.2 Å². The van der Waals surface area contributed by atoms with Gasteiger partial charge in [-0.1, -0.05) is 13.8 Å². The number of hydrogen-bond acceptors (Lipinski definition) is 3. The molecule has 2 heterocycles. The third kappa shape index (κ3) is 3.67. The average Bonchev–Trinajstić information content (AvgIpc) is 2.90.